The first-order chi connectivity index (χ1) is 16.7. The van der Waals surface area contributed by atoms with Gasteiger partial charge >= 0.3 is 0 Å². The lowest BCUT2D eigenvalue weighted by Crippen LogP contribution is -2.50. The van der Waals surface area contributed by atoms with Gasteiger partial charge in [-0.1, -0.05) is 0 Å². The van der Waals surface area contributed by atoms with Crippen LogP contribution in [0.2, 0.25) is 0 Å². The summed E-state index contributed by atoms with van der Waals surface area (Å²) in [5, 5.41) is 26.9. The van der Waals surface area contributed by atoms with Gasteiger partial charge in [-0.05, 0) is 57.9 Å². The highest BCUT2D eigenvalue weighted by atomic mass is 16.3. The third kappa shape index (κ3) is 4.12. The van der Waals surface area contributed by atoms with Crippen molar-refractivity contribution < 1.29 is 14.7 Å². The molecule has 2 aromatic rings. The molecular formula is C24H30N8O3. The molecule has 3 fully saturated rings. The highest BCUT2D eigenvalue weighted by Gasteiger charge is 2.57. The van der Waals surface area contributed by atoms with E-state index in [0.717, 1.165) is 12.8 Å². The van der Waals surface area contributed by atoms with Crippen LogP contribution in [0.4, 0.5) is 17.5 Å². The molecule has 1 atom stereocenters. The van der Waals surface area contributed by atoms with E-state index in [0.29, 0.717) is 56.4 Å². The van der Waals surface area contributed by atoms with E-state index < -0.39 is 11.0 Å². The van der Waals surface area contributed by atoms with Crippen LogP contribution in [0.5, 0.6) is 0 Å². The molecule has 0 unspecified atom stereocenters. The molecule has 0 aromatic carbocycles. The Bertz CT molecular complexity index is 1180. The molecule has 1 aliphatic carbocycles. The zero-order valence-electron chi connectivity index (χ0n) is 20.0. The second-order valence-corrected chi connectivity index (χ2v) is 10.2. The average Bonchev–Trinajstić information content (AvgIpc) is 3.50. The molecule has 2 saturated heterocycles. The van der Waals surface area contributed by atoms with Crippen molar-refractivity contribution in [3.05, 3.63) is 24.7 Å². The van der Waals surface area contributed by atoms with Gasteiger partial charge < -0.3 is 15.3 Å². The number of hydrogen-bond donors (Lipinski definition) is 2. The van der Waals surface area contributed by atoms with Crippen LogP contribution in [0.25, 0.3) is 0 Å². The molecule has 11 heteroatoms. The lowest BCUT2D eigenvalue weighted by Gasteiger charge is -2.35. The predicted octanol–water partition coefficient (Wildman–Crippen LogP) is 1.79. The van der Waals surface area contributed by atoms with Crippen LogP contribution >= 0.6 is 0 Å². The van der Waals surface area contributed by atoms with E-state index in [1.54, 1.807) is 39.1 Å². The fourth-order valence-corrected chi connectivity index (χ4v) is 5.04. The SMILES string of the molecule is CC(C)(C(=O)N1CCC(O)CC1)n1cc(Nc2nccc(N3CC[C@@](C#N)(C4CC4)C3=O)n2)cn1. The third-order valence-electron chi connectivity index (χ3n) is 7.43. The number of carbonyl (C=O) groups excluding carboxylic acids is 2. The monoisotopic (exact) mass is 478 g/mol. The van der Waals surface area contributed by atoms with E-state index in [2.05, 4.69) is 26.5 Å². The molecule has 184 valence electrons. The number of aliphatic hydroxyl groups excluding tert-OH is 1. The number of carbonyl (C=O) groups is 2. The van der Waals surface area contributed by atoms with Crippen LogP contribution < -0.4 is 10.2 Å². The van der Waals surface area contributed by atoms with Crippen LogP contribution in [0.1, 0.15) is 46.0 Å². The topological polar surface area (TPSA) is 140 Å². The number of nitriles is 1. The first kappa shape index (κ1) is 23.2. The van der Waals surface area contributed by atoms with Gasteiger partial charge in [0.1, 0.15) is 16.8 Å². The first-order valence-corrected chi connectivity index (χ1v) is 12.1. The summed E-state index contributed by atoms with van der Waals surface area (Å²) in [6.45, 7) is 5.14. The van der Waals surface area contributed by atoms with Gasteiger partial charge in [-0.25, -0.2) is 4.98 Å². The average molecular weight is 479 g/mol. The Morgan fingerprint density at radius 2 is 2.00 bits per heavy atom. The van der Waals surface area contributed by atoms with Crippen LogP contribution in [-0.2, 0) is 15.1 Å². The minimum Gasteiger partial charge on any atom is -0.393 e. The number of amides is 2. The van der Waals surface area contributed by atoms with E-state index in [1.807, 2.05) is 13.8 Å². The molecule has 2 aromatic heterocycles. The second kappa shape index (κ2) is 8.61. The minimum atomic E-state index is -0.926. The van der Waals surface area contributed by atoms with Gasteiger partial charge in [0.25, 0.3) is 0 Å². The maximum absolute atomic E-state index is 13.1. The van der Waals surface area contributed by atoms with Gasteiger partial charge in [-0.2, -0.15) is 15.3 Å². The van der Waals surface area contributed by atoms with Crippen molar-refractivity contribution in [2.24, 2.45) is 11.3 Å². The lowest BCUT2D eigenvalue weighted by atomic mass is 9.83. The van der Waals surface area contributed by atoms with Crippen LogP contribution in [0.3, 0.4) is 0 Å². The number of aliphatic hydroxyl groups is 1. The second-order valence-electron chi connectivity index (χ2n) is 10.2. The smallest absolute Gasteiger partial charge is 0.249 e. The highest BCUT2D eigenvalue weighted by Crippen LogP contribution is 2.51. The first-order valence-electron chi connectivity index (χ1n) is 12.1. The molecule has 11 nitrogen and oxygen atoms in total. The quantitative estimate of drug-likeness (QED) is 0.640. The number of nitrogens with one attached hydrogen (secondary N) is 1. The van der Waals surface area contributed by atoms with Crippen molar-refractivity contribution in [3.8, 4) is 6.07 Å². The van der Waals surface area contributed by atoms with Gasteiger partial charge in [-0.15, -0.1) is 0 Å². The van der Waals surface area contributed by atoms with E-state index in [9.17, 15) is 20.0 Å². The standard InChI is InChI=1S/C24H30N8O3/c1-23(2,20(34)30-10-6-18(33)7-11-30)32-14-17(13-27-32)28-22-26-9-5-19(29-22)31-12-8-24(15-25,21(31)35)16-3-4-16/h5,9,13-14,16,18,33H,3-4,6-8,10-12H2,1-2H3,(H,26,28,29)/t24-/m1/s1. The molecule has 1 saturated carbocycles. The summed E-state index contributed by atoms with van der Waals surface area (Å²) >= 11 is 0. The van der Waals surface area contributed by atoms with E-state index in [1.165, 1.54) is 0 Å². The molecule has 5 rings (SSSR count). The maximum Gasteiger partial charge on any atom is 0.249 e. The molecule has 0 spiro atoms. The number of likely N-dealkylation sites (tertiary alicyclic amines) is 1. The number of anilines is 3. The normalized spacial score (nSPS) is 23.4. The Morgan fingerprint density at radius 3 is 2.69 bits per heavy atom. The van der Waals surface area contributed by atoms with Crippen molar-refractivity contribution in [1.82, 2.24) is 24.6 Å². The molecule has 2 N–H and O–H groups in total. The highest BCUT2D eigenvalue weighted by molar-refractivity contribution is 6.01. The van der Waals surface area contributed by atoms with Crippen molar-refractivity contribution in [2.75, 3.05) is 29.9 Å². The van der Waals surface area contributed by atoms with Gasteiger partial charge in [0.05, 0.1) is 24.1 Å². The Balaban J connectivity index is 1.29. The van der Waals surface area contributed by atoms with Crippen molar-refractivity contribution in [2.45, 2.75) is 57.6 Å². The Hall–Kier alpha value is -3.52. The minimum absolute atomic E-state index is 0.0542. The fourth-order valence-electron chi connectivity index (χ4n) is 5.04. The zero-order chi connectivity index (χ0) is 24.8. The largest absolute Gasteiger partial charge is 0.393 e. The van der Waals surface area contributed by atoms with Crippen LogP contribution in [0, 0.1) is 22.7 Å². The molecule has 0 radical (unpaired) electrons. The summed E-state index contributed by atoms with van der Waals surface area (Å²) in [5.74, 6) is 0.675. The Morgan fingerprint density at radius 1 is 1.26 bits per heavy atom. The van der Waals surface area contributed by atoms with Gasteiger partial charge in [0.2, 0.25) is 17.8 Å². The third-order valence-corrected chi connectivity index (χ3v) is 7.43. The number of rotatable bonds is 6. The molecule has 2 aliphatic heterocycles. The Kier molecular flexibility index (Phi) is 5.71. The van der Waals surface area contributed by atoms with Crippen LogP contribution in [0.15, 0.2) is 24.7 Å². The lowest BCUT2D eigenvalue weighted by molar-refractivity contribution is -0.141. The predicted molar refractivity (Wildman–Crippen MR) is 126 cm³/mol. The zero-order valence-corrected chi connectivity index (χ0v) is 20.0. The summed E-state index contributed by atoms with van der Waals surface area (Å²) in [7, 11) is 0. The summed E-state index contributed by atoms with van der Waals surface area (Å²) in [4.78, 5) is 38.3. The van der Waals surface area contributed by atoms with E-state index in [4.69, 9.17) is 0 Å². The summed E-state index contributed by atoms with van der Waals surface area (Å²) in [5.41, 5.74) is -1.23. The maximum atomic E-state index is 13.1. The van der Waals surface area contributed by atoms with Crippen molar-refractivity contribution >= 4 is 29.3 Å². The van der Waals surface area contributed by atoms with E-state index in [-0.39, 0.29) is 23.8 Å². The number of nitrogens with zero attached hydrogens (tertiary/aromatic N) is 7. The van der Waals surface area contributed by atoms with Gasteiger partial charge in [0.15, 0.2) is 0 Å². The molecule has 3 aliphatic rings. The molecule has 0 bridgehead atoms. The number of aromatic nitrogens is 4. The number of piperidine rings is 1. The summed E-state index contributed by atoms with van der Waals surface area (Å²) in [6, 6.07) is 3.96. The Labute approximate surface area is 203 Å². The summed E-state index contributed by atoms with van der Waals surface area (Å²) in [6.07, 6.45) is 8.07. The van der Waals surface area contributed by atoms with Crippen molar-refractivity contribution in [1.29, 1.82) is 5.26 Å². The van der Waals surface area contributed by atoms with Crippen LogP contribution in [-0.4, -0.2) is 67.3 Å². The molecule has 2 amide bonds. The van der Waals surface area contributed by atoms with Gasteiger partial charge in [-0.3, -0.25) is 19.2 Å². The molecule has 4 heterocycles. The van der Waals surface area contributed by atoms with Gasteiger partial charge in [0, 0.05) is 32.0 Å². The van der Waals surface area contributed by atoms with Crippen molar-refractivity contribution in [3.63, 3.8) is 0 Å². The molecular weight excluding hydrogens is 448 g/mol. The fraction of sp³-hybridized carbons (Fsp3) is 0.583. The summed E-state index contributed by atoms with van der Waals surface area (Å²) < 4.78 is 1.60. The number of hydrogen-bond acceptors (Lipinski definition) is 8. The molecule has 35 heavy (non-hydrogen) atoms. The van der Waals surface area contributed by atoms with E-state index >= 15 is 0 Å².